The Hall–Kier alpha value is -1.45. The van der Waals surface area contributed by atoms with Crippen LogP contribution in [0, 0.1) is 5.92 Å². The molecule has 0 fully saturated rings. The quantitative estimate of drug-likeness (QED) is 0.824. The van der Waals surface area contributed by atoms with Crippen LogP contribution in [0.4, 0.5) is 4.79 Å². The van der Waals surface area contributed by atoms with Crippen LogP contribution < -0.4 is 10.5 Å². The number of thiophene rings is 1. The molecular formula is C15H25N3O4S2. The number of amides is 2. The minimum Gasteiger partial charge on any atom is -0.444 e. The number of alkyl carbamates (subject to hydrolysis) is 1. The molecular weight excluding hydrogens is 350 g/mol. The second-order valence-corrected chi connectivity index (χ2v) is 9.72. The van der Waals surface area contributed by atoms with Gasteiger partial charge in [-0.1, -0.05) is 19.9 Å². The lowest BCUT2D eigenvalue weighted by Crippen LogP contribution is -2.44. The second-order valence-electron chi connectivity index (χ2n) is 6.76. The molecule has 1 rings (SSSR count). The zero-order chi connectivity index (χ0) is 18.5. The van der Waals surface area contributed by atoms with Crippen molar-refractivity contribution in [1.29, 1.82) is 0 Å². The third-order valence-electron chi connectivity index (χ3n) is 2.71. The molecule has 1 aromatic heterocycles. The van der Waals surface area contributed by atoms with E-state index in [2.05, 4.69) is 9.68 Å². The fourth-order valence-electron chi connectivity index (χ4n) is 1.81. The first kappa shape index (κ1) is 20.6. The van der Waals surface area contributed by atoms with Gasteiger partial charge in [0.25, 0.3) is 5.91 Å². The third-order valence-corrected chi connectivity index (χ3v) is 5.54. The van der Waals surface area contributed by atoms with Crippen LogP contribution in [0.2, 0.25) is 0 Å². The number of nitrogens with two attached hydrogens (primary N) is 1. The first-order chi connectivity index (χ1) is 10.9. The SMILES string of the molecule is CC(C)C[C@H](NC(=O)OC(C)(C)C)C(=O)N=S(N)(=O)c1cccs1. The van der Waals surface area contributed by atoms with Gasteiger partial charge in [-0.25, -0.2) is 14.1 Å². The molecule has 0 aliphatic carbocycles. The monoisotopic (exact) mass is 375 g/mol. The van der Waals surface area contributed by atoms with Crippen LogP contribution in [-0.2, 0) is 19.4 Å². The van der Waals surface area contributed by atoms with Crippen molar-refractivity contribution in [3.05, 3.63) is 17.5 Å². The summed E-state index contributed by atoms with van der Waals surface area (Å²) in [4.78, 5) is 24.3. The highest BCUT2D eigenvalue weighted by molar-refractivity contribution is 7.93. The molecule has 0 bridgehead atoms. The molecule has 1 unspecified atom stereocenters. The summed E-state index contributed by atoms with van der Waals surface area (Å²) < 4.78 is 21.6. The third kappa shape index (κ3) is 6.98. The summed E-state index contributed by atoms with van der Waals surface area (Å²) >= 11 is 1.16. The summed E-state index contributed by atoms with van der Waals surface area (Å²) in [6, 6.07) is 2.30. The van der Waals surface area contributed by atoms with E-state index < -0.39 is 33.6 Å². The van der Waals surface area contributed by atoms with E-state index in [1.807, 2.05) is 13.8 Å². The van der Waals surface area contributed by atoms with Gasteiger partial charge >= 0.3 is 6.09 Å². The number of nitrogens with zero attached hydrogens (tertiary/aromatic N) is 1. The summed E-state index contributed by atoms with van der Waals surface area (Å²) in [7, 11) is -3.32. The second kappa shape index (κ2) is 8.09. The summed E-state index contributed by atoms with van der Waals surface area (Å²) in [5.41, 5.74) is -0.689. The molecule has 9 heteroatoms. The van der Waals surface area contributed by atoms with Crippen molar-refractivity contribution in [2.75, 3.05) is 0 Å². The van der Waals surface area contributed by atoms with Gasteiger partial charge in [0.2, 0.25) is 0 Å². The highest BCUT2D eigenvalue weighted by Crippen LogP contribution is 2.17. The lowest BCUT2D eigenvalue weighted by atomic mass is 10.0. The molecule has 0 saturated heterocycles. The standard InChI is InChI=1S/C15H25N3O4S2/c1-10(2)9-11(17-14(20)22-15(3,4)5)13(19)18-24(16,21)12-7-6-8-23-12/h6-8,10-11H,9H2,1-5H3,(H,17,20)(H2,16,18,19,21)/t11-,24?/m0/s1. The van der Waals surface area contributed by atoms with Crippen LogP contribution in [0.1, 0.15) is 41.0 Å². The summed E-state index contributed by atoms with van der Waals surface area (Å²) in [6.45, 7) is 8.96. The maximum Gasteiger partial charge on any atom is 0.408 e. The average molecular weight is 376 g/mol. The minimum atomic E-state index is -3.32. The molecule has 0 saturated carbocycles. The minimum absolute atomic E-state index is 0.111. The van der Waals surface area contributed by atoms with Gasteiger partial charge in [-0.2, -0.15) is 0 Å². The number of rotatable bonds is 5. The Kier molecular flexibility index (Phi) is 6.94. The Bertz CT molecular complexity index is 684. The van der Waals surface area contributed by atoms with Crippen LogP contribution >= 0.6 is 11.3 Å². The first-order valence-corrected chi connectivity index (χ1v) is 9.98. The Labute approximate surface area is 147 Å². The van der Waals surface area contributed by atoms with Crippen LogP contribution in [-0.4, -0.2) is 27.9 Å². The van der Waals surface area contributed by atoms with E-state index >= 15 is 0 Å². The molecule has 2 atom stereocenters. The van der Waals surface area contributed by atoms with Gasteiger partial charge in [0.05, 0.1) is 0 Å². The molecule has 0 aliphatic rings. The molecule has 2 amide bonds. The molecule has 0 aliphatic heterocycles. The van der Waals surface area contributed by atoms with Crippen molar-refractivity contribution >= 4 is 33.3 Å². The predicted molar refractivity (Wildman–Crippen MR) is 95.0 cm³/mol. The van der Waals surface area contributed by atoms with E-state index in [4.69, 9.17) is 9.88 Å². The average Bonchev–Trinajstić information content (AvgIpc) is 2.88. The molecule has 7 nitrogen and oxygen atoms in total. The van der Waals surface area contributed by atoms with Crippen molar-refractivity contribution in [2.24, 2.45) is 15.4 Å². The Morgan fingerprint density at radius 2 is 2.04 bits per heavy atom. The lowest BCUT2D eigenvalue weighted by molar-refractivity contribution is -0.120. The first-order valence-electron chi connectivity index (χ1n) is 7.52. The highest BCUT2D eigenvalue weighted by atomic mass is 32.2. The van der Waals surface area contributed by atoms with Gasteiger partial charge in [-0.05, 0) is 44.6 Å². The van der Waals surface area contributed by atoms with Gasteiger partial charge in [0.15, 0.2) is 9.92 Å². The molecule has 0 spiro atoms. The van der Waals surface area contributed by atoms with Crippen molar-refractivity contribution in [1.82, 2.24) is 5.32 Å². The van der Waals surface area contributed by atoms with Gasteiger partial charge in [-0.15, -0.1) is 15.7 Å². The number of ether oxygens (including phenoxy) is 1. The Balaban J connectivity index is 2.97. The fraction of sp³-hybridized carbons (Fsp3) is 0.600. The predicted octanol–water partition coefficient (Wildman–Crippen LogP) is 2.91. The highest BCUT2D eigenvalue weighted by Gasteiger charge is 2.26. The summed E-state index contributed by atoms with van der Waals surface area (Å²) in [6.07, 6.45) is -0.391. The van der Waals surface area contributed by atoms with Crippen LogP contribution in [0.15, 0.2) is 26.1 Å². The number of carbonyl (C=O) groups is 2. The zero-order valence-corrected chi connectivity index (χ0v) is 16.2. The van der Waals surface area contributed by atoms with E-state index in [-0.39, 0.29) is 5.92 Å². The maximum absolute atomic E-state index is 12.4. The topological polar surface area (TPSA) is 111 Å². The molecule has 1 aromatic rings. The van der Waals surface area contributed by atoms with Gasteiger partial charge in [0.1, 0.15) is 15.9 Å². The van der Waals surface area contributed by atoms with Gasteiger partial charge < -0.3 is 10.1 Å². The molecule has 0 aromatic carbocycles. The van der Waals surface area contributed by atoms with Crippen molar-refractivity contribution in [3.8, 4) is 0 Å². The van der Waals surface area contributed by atoms with Crippen molar-refractivity contribution in [3.63, 3.8) is 0 Å². The number of hydrogen-bond donors (Lipinski definition) is 2. The van der Waals surface area contributed by atoms with Gasteiger partial charge in [-0.3, -0.25) is 4.79 Å². The fourth-order valence-corrected chi connectivity index (χ4v) is 3.85. The van der Waals surface area contributed by atoms with E-state index in [1.165, 1.54) is 0 Å². The largest absolute Gasteiger partial charge is 0.444 e. The normalized spacial score (nSPS) is 15.5. The van der Waals surface area contributed by atoms with Gasteiger partial charge in [0, 0.05) is 0 Å². The maximum atomic E-state index is 12.4. The number of hydrogen-bond acceptors (Lipinski definition) is 5. The number of nitrogens with one attached hydrogen (secondary N) is 1. The van der Waals surface area contributed by atoms with E-state index in [9.17, 15) is 13.8 Å². The molecule has 3 N–H and O–H groups in total. The summed E-state index contributed by atoms with van der Waals surface area (Å²) in [5, 5.41) is 9.88. The summed E-state index contributed by atoms with van der Waals surface area (Å²) in [5.74, 6) is -0.616. The smallest absolute Gasteiger partial charge is 0.408 e. The van der Waals surface area contributed by atoms with E-state index in [0.717, 1.165) is 11.3 Å². The van der Waals surface area contributed by atoms with Crippen LogP contribution in [0.25, 0.3) is 0 Å². The van der Waals surface area contributed by atoms with E-state index in [0.29, 0.717) is 10.6 Å². The molecule has 1 heterocycles. The lowest BCUT2D eigenvalue weighted by Gasteiger charge is -2.23. The Morgan fingerprint density at radius 3 is 2.50 bits per heavy atom. The van der Waals surface area contributed by atoms with Crippen LogP contribution in [0.5, 0.6) is 0 Å². The van der Waals surface area contributed by atoms with Crippen molar-refractivity contribution < 1.29 is 18.5 Å². The molecule has 0 radical (unpaired) electrons. The number of carbonyl (C=O) groups excluding carboxylic acids is 2. The van der Waals surface area contributed by atoms with Crippen LogP contribution in [0.3, 0.4) is 0 Å². The zero-order valence-electron chi connectivity index (χ0n) is 14.6. The Morgan fingerprint density at radius 1 is 1.42 bits per heavy atom. The van der Waals surface area contributed by atoms with E-state index in [1.54, 1.807) is 38.3 Å². The molecule has 24 heavy (non-hydrogen) atoms. The van der Waals surface area contributed by atoms with Crippen molar-refractivity contribution in [2.45, 2.75) is 56.9 Å². The molecule has 136 valence electrons.